The van der Waals surface area contributed by atoms with Crippen LogP contribution in [0.4, 0.5) is 0 Å². The zero-order chi connectivity index (χ0) is 23.8. The fraction of sp³-hybridized carbons (Fsp3) is 0.423. The van der Waals surface area contributed by atoms with Gasteiger partial charge in [-0.05, 0) is 77.4 Å². The van der Waals surface area contributed by atoms with Crippen molar-refractivity contribution >= 4 is 21.9 Å². The lowest BCUT2D eigenvalue weighted by Crippen LogP contribution is -2.08. The number of ether oxygens (including phenoxy) is 2. The average Bonchev–Trinajstić information content (AvgIpc) is 3.22. The molecular weight excluding hydrogens is 482 g/mol. The normalized spacial score (nSPS) is 11.1. The lowest BCUT2D eigenvalue weighted by atomic mass is 9.95. The second-order valence-electron chi connectivity index (χ2n) is 7.98. The molecule has 0 saturated heterocycles. The number of rotatable bonds is 11. The molecule has 2 aromatic heterocycles. The maximum Gasteiger partial charge on any atom is 0.308 e. The zero-order valence-electron chi connectivity index (χ0n) is 19.8. The number of carbonyl (C=O) groups excluding carboxylic acids is 1. The number of halogens is 1. The van der Waals surface area contributed by atoms with Crippen molar-refractivity contribution < 1.29 is 14.3 Å². The molecule has 0 bridgehead atoms. The molecular formula is C26H32BrN3O3. The Bertz CT molecular complexity index is 1060. The van der Waals surface area contributed by atoms with E-state index in [0.717, 1.165) is 53.7 Å². The molecule has 0 amide bonds. The molecule has 7 heteroatoms. The van der Waals surface area contributed by atoms with Gasteiger partial charge in [0, 0.05) is 29.7 Å². The third-order valence-electron chi connectivity index (χ3n) is 5.67. The van der Waals surface area contributed by atoms with Gasteiger partial charge >= 0.3 is 5.97 Å². The number of benzene rings is 1. The van der Waals surface area contributed by atoms with Gasteiger partial charge in [0.15, 0.2) is 17.3 Å². The van der Waals surface area contributed by atoms with Gasteiger partial charge in [-0.15, -0.1) is 0 Å². The van der Waals surface area contributed by atoms with E-state index in [1.54, 1.807) is 12.3 Å². The molecule has 176 valence electrons. The lowest BCUT2D eigenvalue weighted by Gasteiger charge is -2.15. The molecule has 1 aromatic carbocycles. The van der Waals surface area contributed by atoms with Crippen LogP contribution < -0.4 is 9.47 Å². The Morgan fingerprint density at radius 2 is 1.91 bits per heavy atom. The van der Waals surface area contributed by atoms with E-state index in [1.165, 1.54) is 12.5 Å². The van der Waals surface area contributed by atoms with Crippen molar-refractivity contribution in [3.8, 4) is 17.3 Å². The van der Waals surface area contributed by atoms with E-state index in [-0.39, 0.29) is 5.97 Å². The molecule has 0 aliphatic rings. The lowest BCUT2D eigenvalue weighted by molar-refractivity contribution is -0.132. The van der Waals surface area contributed by atoms with Crippen molar-refractivity contribution in [2.24, 2.45) is 0 Å². The van der Waals surface area contributed by atoms with Crippen LogP contribution in [0.1, 0.15) is 69.7 Å². The minimum atomic E-state index is -0.350. The Hall–Kier alpha value is -2.67. The molecule has 33 heavy (non-hydrogen) atoms. The van der Waals surface area contributed by atoms with Gasteiger partial charge in [-0.3, -0.25) is 4.79 Å². The van der Waals surface area contributed by atoms with E-state index in [2.05, 4.69) is 47.9 Å². The molecule has 6 nitrogen and oxygen atoms in total. The minimum absolute atomic E-state index is 0.350. The monoisotopic (exact) mass is 513 g/mol. The van der Waals surface area contributed by atoms with Crippen molar-refractivity contribution in [1.82, 2.24) is 14.8 Å². The predicted molar refractivity (Wildman–Crippen MR) is 133 cm³/mol. The van der Waals surface area contributed by atoms with Crippen molar-refractivity contribution in [1.29, 1.82) is 0 Å². The highest BCUT2D eigenvalue weighted by Crippen LogP contribution is 2.32. The molecule has 0 aliphatic carbocycles. The Balaban J connectivity index is 1.75. The van der Waals surface area contributed by atoms with Crippen molar-refractivity contribution in [2.75, 3.05) is 6.61 Å². The number of aromatic nitrogens is 3. The van der Waals surface area contributed by atoms with Gasteiger partial charge in [0.25, 0.3) is 0 Å². The first kappa shape index (κ1) is 25.0. The van der Waals surface area contributed by atoms with Crippen LogP contribution in [-0.2, 0) is 17.6 Å². The first-order valence-corrected chi connectivity index (χ1v) is 12.4. The Morgan fingerprint density at radius 1 is 1.12 bits per heavy atom. The first-order valence-electron chi connectivity index (χ1n) is 11.6. The molecule has 0 radical (unpaired) electrons. The van der Waals surface area contributed by atoms with Crippen LogP contribution in [0.25, 0.3) is 5.82 Å². The minimum Gasteiger partial charge on any atom is -0.489 e. The van der Waals surface area contributed by atoms with E-state index < -0.39 is 0 Å². The van der Waals surface area contributed by atoms with Crippen LogP contribution >= 0.6 is 15.9 Å². The highest BCUT2D eigenvalue weighted by atomic mass is 79.9. The van der Waals surface area contributed by atoms with Crippen LogP contribution in [0.15, 0.2) is 47.2 Å². The van der Waals surface area contributed by atoms with Crippen LogP contribution in [0.2, 0.25) is 0 Å². The SMILES string of the molecule is CCc1cccc(OC(C)=O)c1OCCCc1cn(-c2ccc(Br)cn2)nc1C(CC)CC. The molecule has 3 aromatic rings. The number of nitrogens with zero attached hydrogens (tertiary/aromatic N) is 3. The van der Waals surface area contributed by atoms with Gasteiger partial charge in [-0.2, -0.15) is 5.10 Å². The van der Waals surface area contributed by atoms with E-state index in [0.29, 0.717) is 24.0 Å². The van der Waals surface area contributed by atoms with E-state index in [4.69, 9.17) is 14.6 Å². The number of hydrogen-bond acceptors (Lipinski definition) is 5. The van der Waals surface area contributed by atoms with Gasteiger partial charge in [0.2, 0.25) is 0 Å². The van der Waals surface area contributed by atoms with Crippen molar-refractivity contribution in [2.45, 2.75) is 65.7 Å². The fourth-order valence-electron chi connectivity index (χ4n) is 3.93. The molecule has 2 heterocycles. The number of pyridine rings is 1. The van der Waals surface area contributed by atoms with Gasteiger partial charge in [0.05, 0.1) is 12.3 Å². The topological polar surface area (TPSA) is 66.2 Å². The predicted octanol–water partition coefficient (Wildman–Crippen LogP) is 6.43. The van der Waals surface area contributed by atoms with Gasteiger partial charge in [-0.25, -0.2) is 9.67 Å². The van der Waals surface area contributed by atoms with Crippen molar-refractivity contribution in [3.63, 3.8) is 0 Å². The number of para-hydroxylation sites is 1. The van der Waals surface area contributed by atoms with Gasteiger partial charge in [0.1, 0.15) is 0 Å². The maximum atomic E-state index is 11.5. The summed E-state index contributed by atoms with van der Waals surface area (Å²) in [7, 11) is 0. The molecule has 0 saturated carbocycles. The molecule has 0 unspecified atom stereocenters. The van der Waals surface area contributed by atoms with E-state index in [9.17, 15) is 4.79 Å². The molecule has 0 aliphatic heterocycles. The molecule has 0 spiro atoms. The smallest absolute Gasteiger partial charge is 0.308 e. The summed E-state index contributed by atoms with van der Waals surface area (Å²) >= 11 is 3.44. The highest BCUT2D eigenvalue weighted by Gasteiger charge is 2.18. The van der Waals surface area contributed by atoms with Crippen LogP contribution in [0, 0.1) is 0 Å². The number of carbonyl (C=O) groups is 1. The third kappa shape index (κ3) is 6.44. The Morgan fingerprint density at radius 3 is 2.55 bits per heavy atom. The van der Waals surface area contributed by atoms with Crippen LogP contribution in [0.5, 0.6) is 11.5 Å². The second kappa shape index (κ2) is 12.0. The summed E-state index contributed by atoms with van der Waals surface area (Å²) in [5, 5.41) is 4.90. The second-order valence-corrected chi connectivity index (χ2v) is 8.89. The summed E-state index contributed by atoms with van der Waals surface area (Å²) < 4.78 is 14.3. The van der Waals surface area contributed by atoms with Crippen LogP contribution in [0.3, 0.4) is 0 Å². The van der Waals surface area contributed by atoms with Gasteiger partial charge < -0.3 is 9.47 Å². The molecule has 0 fully saturated rings. The quantitative estimate of drug-likeness (QED) is 0.168. The number of aryl methyl sites for hydroxylation is 2. The molecule has 0 N–H and O–H groups in total. The summed E-state index contributed by atoms with van der Waals surface area (Å²) in [6, 6.07) is 9.59. The Kier molecular flexibility index (Phi) is 9.06. The van der Waals surface area contributed by atoms with E-state index >= 15 is 0 Å². The number of hydrogen-bond donors (Lipinski definition) is 0. The third-order valence-corrected chi connectivity index (χ3v) is 6.14. The highest BCUT2D eigenvalue weighted by molar-refractivity contribution is 9.10. The first-order chi connectivity index (χ1) is 16.0. The van der Waals surface area contributed by atoms with E-state index in [1.807, 2.05) is 28.9 Å². The van der Waals surface area contributed by atoms with Crippen LogP contribution in [-0.4, -0.2) is 27.3 Å². The maximum absolute atomic E-state index is 11.5. The standard InChI is InChI=1S/C26H32BrN3O3/c1-5-19(6-2)25-21(17-30(29-25)24-14-13-22(27)16-28-24)11-9-15-32-26-20(7-3)10-8-12-23(26)33-18(4)31/h8,10,12-14,16-17,19H,5-7,9,11,15H2,1-4H3. The largest absolute Gasteiger partial charge is 0.489 e. The summed E-state index contributed by atoms with van der Waals surface area (Å²) in [5.41, 5.74) is 3.39. The summed E-state index contributed by atoms with van der Waals surface area (Å²) in [4.78, 5) is 16.0. The summed E-state index contributed by atoms with van der Waals surface area (Å²) in [6.07, 6.45) is 8.43. The van der Waals surface area contributed by atoms with Crippen molar-refractivity contribution in [3.05, 3.63) is 64.0 Å². The summed E-state index contributed by atoms with van der Waals surface area (Å²) in [6.45, 7) is 8.40. The molecule has 0 atom stereocenters. The average molecular weight is 514 g/mol. The summed E-state index contributed by atoms with van der Waals surface area (Å²) in [5.74, 6) is 2.00. The zero-order valence-corrected chi connectivity index (χ0v) is 21.4. The Labute approximate surface area is 204 Å². The number of esters is 1. The molecule has 3 rings (SSSR count). The van der Waals surface area contributed by atoms with Gasteiger partial charge in [-0.1, -0.05) is 32.9 Å². The fourth-order valence-corrected chi connectivity index (χ4v) is 4.17.